The fourth-order valence-electron chi connectivity index (χ4n) is 2.12. The minimum Gasteiger partial charge on any atom is -0.497 e. The number of Topliss-reactive ketones (excluding diaryl/α,β-unsaturated/α-hetero) is 1. The molecule has 1 N–H and O–H groups in total. The molecule has 0 saturated heterocycles. The van der Waals surface area contributed by atoms with Gasteiger partial charge < -0.3 is 4.74 Å². The van der Waals surface area contributed by atoms with Crippen molar-refractivity contribution in [3.8, 4) is 5.75 Å². The second-order valence-electron chi connectivity index (χ2n) is 5.28. The molecule has 9 heteroatoms. The third-order valence-corrected chi connectivity index (χ3v) is 5.64. The van der Waals surface area contributed by atoms with Gasteiger partial charge in [0.1, 0.15) is 5.75 Å². The predicted molar refractivity (Wildman–Crippen MR) is 107 cm³/mol. The summed E-state index contributed by atoms with van der Waals surface area (Å²) in [5, 5.41) is 11.4. The summed E-state index contributed by atoms with van der Waals surface area (Å²) in [4.78, 5) is 24.5. The van der Waals surface area contributed by atoms with Crippen molar-refractivity contribution in [2.45, 2.75) is 4.34 Å². The smallest absolute Gasteiger partial charge is 0.257 e. The SMILES string of the molecule is COc1cccc(C(=O)CSc2nnc(NC(=O)c3cccc(Cl)c3)s2)c1. The molecular formula is C18H14ClN3O3S2. The summed E-state index contributed by atoms with van der Waals surface area (Å²) in [6, 6.07) is 13.6. The lowest BCUT2D eigenvalue weighted by molar-refractivity contribution is 0.101. The van der Waals surface area contributed by atoms with E-state index in [9.17, 15) is 9.59 Å². The van der Waals surface area contributed by atoms with Crippen LogP contribution < -0.4 is 10.1 Å². The minimum atomic E-state index is -0.322. The lowest BCUT2D eigenvalue weighted by atomic mass is 10.1. The number of thioether (sulfide) groups is 1. The number of benzene rings is 2. The van der Waals surface area contributed by atoms with Crippen LogP contribution >= 0.6 is 34.7 Å². The lowest BCUT2D eigenvalue weighted by Gasteiger charge is -2.02. The topological polar surface area (TPSA) is 81.2 Å². The Morgan fingerprint density at radius 2 is 1.93 bits per heavy atom. The molecule has 138 valence electrons. The van der Waals surface area contributed by atoms with Crippen molar-refractivity contribution < 1.29 is 14.3 Å². The van der Waals surface area contributed by atoms with E-state index >= 15 is 0 Å². The Hall–Kier alpha value is -2.42. The number of hydrogen-bond donors (Lipinski definition) is 1. The Morgan fingerprint density at radius 3 is 2.70 bits per heavy atom. The first-order valence-electron chi connectivity index (χ1n) is 7.75. The van der Waals surface area contributed by atoms with Crippen molar-refractivity contribution in [2.75, 3.05) is 18.2 Å². The zero-order valence-corrected chi connectivity index (χ0v) is 16.5. The van der Waals surface area contributed by atoms with Crippen molar-refractivity contribution in [3.05, 3.63) is 64.7 Å². The zero-order valence-electron chi connectivity index (χ0n) is 14.1. The molecule has 0 saturated carbocycles. The fraction of sp³-hybridized carbons (Fsp3) is 0.111. The number of nitrogens with one attached hydrogen (secondary N) is 1. The van der Waals surface area contributed by atoms with Crippen LogP contribution in [0.1, 0.15) is 20.7 Å². The van der Waals surface area contributed by atoms with E-state index in [1.807, 2.05) is 0 Å². The number of ketones is 1. The van der Waals surface area contributed by atoms with Crippen LogP contribution in [0.15, 0.2) is 52.9 Å². The summed E-state index contributed by atoms with van der Waals surface area (Å²) in [6.07, 6.45) is 0. The van der Waals surface area contributed by atoms with E-state index in [2.05, 4.69) is 15.5 Å². The number of carbonyl (C=O) groups excluding carboxylic acids is 2. The van der Waals surface area contributed by atoms with Crippen LogP contribution in [0.3, 0.4) is 0 Å². The van der Waals surface area contributed by atoms with E-state index in [1.54, 1.807) is 55.6 Å². The summed E-state index contributed by atoms with van der Waals surface area (Å²) < 4.78 is 5.71. The first kappa shape index (κ1) is 19.3. The predicted octanol–water partition coefficient (Wildman–Crippen LogP) is 4.43. The van der Waals surface area contributed by atoms with Crippen molar-refractivity contribution >= 4 is 51.5 Å². The molecule has 3 aromatic rings. The average molecular weight is 420 g/mol. The summed E-state index contributed by atoms with van der Waals surface area (Å²) in [5.74, 6) is 0.480. The molecule has 1 heterocycles. The summed E-state index contributed by atoms with van der Waals surface area (Å²) in [7, 11) is 1.55. The normalized spacial score (nSPS) is 10.4. The third kappa shape index (κ3) is 5.29. The molecule has 1 amide bonds. The second kappa shape index (κ2) is 8.98. The highest BCUT2D eigenvalue weighted by Gasteiger charge is 2.13. The Labute approximate surface area is 168 Å². The highest BCUT2D eigenvalue weighted by atomic mass is 35.5. The highest BCUT2D eigenvalue weighted by molar-refractivity contribution is 8.01. The number of hydrogen-bond acceptors (Lipinski definition) is 7. The monoisotopic (exact) mass is 419 g/mol. The van der Waals surface area contributed by atoms with Crippen LogP contribution in [0.5, 0.6) is 5.75 Å². The summed E-state index contributed by atoms with van der Waals surface area (Å²) in [5.41, 5.74) is 1.00. The molecule has 0 aliphatic rings. The number of nitrogens with zero attached hydrogens (tertiary/aromatic N) is 2. The number of aromatic nitrogens is 2. The number of halogens is 1. The van der Waals surface area contributed by atoms with Gasteiger partial charge in [0.25, 0.3) is 5.91 Å². The number of carbonyl (C=O) groups is 2. The van der Waals surface area contributed by atoms with Crippen LogP contribution in [0, 0.1) is 0 Å². The molecule has 6 nitrogen and oxygen atoms in total. The van der Waals surface area contributed by atoms with Gasteiger partial charge in [0.15, 0.2) is 10.1 Å². The number of methoxy groups -OCH3 is 1. The lowest BCUT2D eigenvalue weighted by Crippen LogP contribution is -2.11. The molecule has 0 unspecified atom stereocenters. The van der Waals surface area contributed by atoms with Gasteiger partial charge in [-0.25, -0.2) is 0 Å². The number of amides is 1. The maximum absolute atomic E-state index is 12.3. The maximum Gasteiger partial charge on any atom is 0.257 e. The van der Waals surface area contributed by atoms with Crippen LogP contribution in [-0.2, 0) is 0 Å². The molecule has 1 aromatic heterocycles. The van der Waals surface area contributed by atoms with Crippen molar-refractivity contribution in [2.24, 2.45) is 0 Å². The minimum absolute atomic E-state index is 0.0430. The van der Waals surface area contributed by atoms with Gasteiger partial charge in [0.05, 0.1) is 12.9 Å². The number of rotatable bonds is 7. The van der Waals surface area contributed by atoms with Gasteiger partial charge in [0, 0.05) is 16.1 Å². The van der Waals surface area contributed by atoms with Gasteiger partial charge in [-0.2, -0.15) is 0 Å². The van der Waals surface area contributed by atoms with E-state index in [0.29, 0.717) is 31.4 Å². The molecule has 0 aliphatic heterocycles. The first-order valence-corrected chi connectivity index (χ1v) is 9.93. The molecule has 0 fully saturated rings. The largest absolute Gasteiger partial charge is 0.497 e. The third-order valence-electron chi connectivity index (χ3n) is 3.43. The molecular weight excluding hydrogens is 406 g/mol. The summed E-state index contributed by atoms with van der Waals surface area (Å²) >= 11 is 8.36. The van der Waals surface area contributed by atoms with Gasteiger partial charge in [-0.15, -0.1) is 10.2 Å². The fourth-order valence-corrected chi connectivity index (χ4v) is 3.96. The first-order chi connectivity index (χ1) is 13.0. The van der Waals surface area contributed by atoms with Crippen molar-refractivity contribution in [3.63, 3.8) is 0 Å². The Bertz CT molecular complexity index is 978. The van der Waals surface area contributed by atoms with Gasteiger partial charge in [-0.05, 0) is 30.3 Å². The van der Waals surface area contributed by atoms with E-state index in [1.165, 1.54) is 23.1 Å². The molecule has 27 heavy (non-hydrogen) atoms. The number of ether oxygens (including phenoxy) is 1. The zero-order chi connectivity index (χ0) is 19.2. The molecule has 3 rings (SSSR count). The Kier molecular flexibility index (Phi) is 6.44. The quantitative estimate of drug-likeness (QED) is 0.346. The van der Waals surface area contributed by atoms with E-state index in [0.717, 1.165) is 0 Å². The maximum atomic E-state index is 12.3. The van der Waals surface area contributed by atoms with Crippen LogP contribution in [-0.4, -0.2) is 34.8 Å². The molecule has 2 aromatic carbocycles. The van der Waals surface area contributed by atoms with Crippen LogP contribution in [0.4, 0.5) is 5.13 Å². The van der Waals surface area contributed by atoms with Gasteiger partial charge in [-0.3, -0.25) is 14.9 Å². The van der Waals surface area contributed by atoms with Crippen molar-refractivity contribution in [1.82, 2.24) is 10.2 Å². The molecule has 0 spiro atoms. The van der Waals surface area contributed by atoms with E-state index in [4.69, 9.17) is 16.3 Å². The van der Waals surface area contributed by atoms with Crippen molar-refractivity contribution in [1.29, 1.82) is 0 Å². The van der Waals surface area contributed by atoms with Crippen LogP contribution in [0.2, 0.25) is 5.02 Å². The Balaban J connectivity index is 1.57. The molecule has 0 radical (unpaired) electrons. The Morgan fingerprint density at radius 1 is 1.15 bits per heavy atom. The number of anilines is 1. The van der Waals surface area contributed by atoms with Crippen LogP contribution in [0.25, 0.3) is 0 Å². The van der Waals surface area contributed by atoms with E-state index < -0.39 is 0 Å². The highest BCUT2D eigenvalue weighted by Crippen LogP contribution is 2.27. The van der Waals surface area contributed by atoms with E-state index in [-0.39, 0.29) is 17.4 Å². The molecule has 0 atom stereocenters. The van der Waals surface area contributed by atoms with Gasteiger partial charge in [-0.1, -0.05) is 52.9 Å². The molecule has 0 bridgehead atoms. The van der Waals surface area contributed by atoms with Gasteiger partial charge >= 0.3 is 0 Å². The summed E-state index contributed by atoms with van der Waals surface area (Å²) in [6.45, 7) is 0. The standard InChI is InChI=1S/C18H14ClN3O3S2/c1-25-14-7-3-4-11(9-14)15(23)10-26-18-22-21-17(27-18)20-16(24)12-5-2-6-13(19)8-12/h2-9H,10H2,1H3,(H,20,21,24). The second-order valence-corrected chi connectivity index (χ2v) is 7.92. The average Bonchev–Trinajstić information content (AvgIpc) is 3.13. The van der Waals surface area contributed by atoms with Gasteiger partial charge in [0.2, 0.25) is 5.13 Å². The molecule has 0 aliphatic carbocycles.